The van der Waals surface area contributed by atoms with Crippen molar-refractivity contribution < 1.29 is 14.7 Å². The van der Waals surface area contributed by atoms with Crippen LogP contribution in [0.4, 0.5) is 4.79 Å². The van der Waals surface area contributed by atoms with E-state index < -0.39 is 12.0 Å². The lowest BCUT2D eigenvalue weighted by Gasteiger charge is -2.33. The molecule has 0 aliphatic carbocycles. The minimum atomic E-state index is -0.969. The van der Waals surface area contributed by atoms with Crippen LogP contribution in [-0.4, -0.2) is 35.1 Å². The highest BCUT2D eigenvalue weighted by Gasteiger charge is 2.36. The number of hydrogen-bond acceptors (Lipinski definition) is 3. The summed E-state index contributed by atoms with van der Waals surface area (Å²) in [5, 5.41) is 14.1. The van der Waals surface area contributed by atoms with Gasteiger partial charge in [-0.3, -0.25) is 0 Å². The highest BCUT2D eigenvalue weighted by atomic mass is 32.1. The number of nitrogens with one attached hydrogen (secondary N) is 1. The molecule has 20 heavy (non-hydrogen) atoms. The molecule has 1 aliphatic heterocycles. The summed E-state index contributed by atoms with van der Waals surface area (Å²) in [4.78, 5) is 26.2. The third-order valence-electron chi connectivity index (χ3n) is 3.46. The van der Waals surface area contributed by atoms with Gasteiger partial charge in [0.15, 0.2) is 6.04 Å². The lowest BCUT2D eigenvalue weighted by Crippen LogP contribution is -2.48. The first-order valence-electron chi connectivity index (χ1n) is 6.84. The predicted molar refractivity (Wildman–Crippen MR) is 78.0 cm³/mol. The molecular weight excluding hydrogens is 276 g/mol. The van der Waals surface area contributed by atoms with Crippen molar-refractivity contribution in [1.82, 2.24) is 10.2 Å². The van der Waals surface area contributed by atoms with E-state index in [1.807, 2.05) is 11.4 Å². The fraction of sp³-hybridized carbons (Fsp3) is 0.571. The van der Waals surface area contributed by atoms with Gasteiger partial charge in [0.05, 0.1) is 0 Å². The molecule has 110 valence electrons. The second-order valence-electron chi connectivity index (χ2n) is 5.40. The Labute approximate surface area is 122 Å². The third kappa shape index (κ3) is 3.12. The number of urea groups is 1. The Morgan fingerprint density at radius 3 is 2.95 bits per heavy atom. The van der Waals surface area contributed by atoms with Crippen LogP contribution in [0.1, 0.15) is 36.8 Å². The van der Waals surface area contributed by atoms with E-state index >= 15 is 0 Å². The average Bonchev–Trinajstić information content (AvgIpc) is 2.84. The molecule has 0 aromatic carbocycles. The minimum Gasteiger partial charge on any atom is -0.479 e. The van der Waals surface area contributed by atoms with Crippen LogP contribution in [0.25, 0.3) is 0 Å². The number of nitrogens with zero attached hydrogens (tertiary/aromatic N) is 1. The average molecular weight is 296 g/mol. The Morgan fingerprint density at radius 2 is 2.30 bits per heavy atom. The molecule has 2 N–H and O–H groups in total. The van der Waals surface area contributed by atoms with Gasteiger partial charge in [-0.25, -0.2) is 9.59 Å². The molecule has 0 spiro atoms. The molecule has 5 nitrogen and oxygen atoms in total. The van der Waals surface area contributed by atoms with E-state index in [0.29, 0.717) is 19.0 Å². The van der Waals surface area contributed by atoms with Crippen molar-refractivity contribution in [3.8, 4) is 0 Å². The number of thiophene rings is 1. The highest BCUT2D eigenvalue weighted by molar-refractivity contribution is 7.10. The number of carboxylic acids is 1. The fourth-order valence-corrected chi connectivity index (χ4v) is 3.27. The number of carbonyl (C=O) groups excluding carboxylic acids is 1. The van der Waals surface area contributed by atoms with E-state index in [2.05, 4.69) is 19.2 Å². The van der Waals surface area contributed by atoms with Gasteiger partial charge in [-0.2, -0.15) is 0 Å². The number of amides is 2. The third-order valence-corrected chi connectivity index (χ3v) is 4.46. The molecule has 1 aromatic heterocycles. The summed E-state index contributed by atoms with van der Waals surface area (Å²) in [5.74, 6) is -0.459. The second-order valence-corrected chi connectivity index (χ2v) is 6.40. The molecule has 0 bridgehead atoms. The maximum Gasteiger partial charge on any atom is 0.331 e. The minimum absolute atomic E-state index is 0.282. The maximum absolute atomic E-state index is 12.2. The Bertz CT molecular complexity index is 498. The fourth-order valence-electron chi connectivity index (χ4n) is 2.37. The zero-order valence-corrected chi connectivity index (χ0v) is 12.6. The van der Waals surface area contributed by atoms with Crippen LogP contribution >= 0.6 is 11.3 Å². The highest BCUT2D eigenvalue weighted by Crippen LogP contribution is 2.33. The molecule has 6 heteroatoms. The molecule has 0 fully saturated rings. The summed E-state index contributed by atoms with van der Waals surface area (Å²) in [5.41, 5.74) is 0.757. The molecule has 1 aliphatic rings. The summed E-state index contributed by atoms with van der Waals surface area (Å²) in [7, 11) is 0. The molecule has 0 radical (unpaired) electrons. The zero-order valence-electron chi connectivity index (χ0n) is 11.8. The normalized spacial score (nSPS) is 17.9. The van der Waals surface area contributed by atoms with E-state index in [-0.39, 0.29) is 6.03 Å². The van der Waals surface area contributed by atoms with Crippen LogP contribution in [0.5, 0.6) is 0 Å². The molecule has 1 unspecified atom stereocenters. The maximum atomic E-state index is 12.2. The molecule has 2 heterocycles. The van der Waals surface area contributed by atoms with Crippen LogP contribution < -0.4 is 5.32 Å². The molecule has 1 atom stereocenters. The van der Waals surface area contributed by atoms with Crippen LogP contribution in [0.15, 0.2) is 11.4 Å². The summed E-state index contributed by atoms with van der Waals surface area (Å²) in [6, 6.07) is 0.672. The number of carboxylic acid groups (broad SMARTS) is 1. The van der Waals surface area contributed by atoms with Gasteiger partial charge in [0.2, 0.25) is 0 Å². The molecule has 1 aromatic rings. The van der Waals surface area contributed by atoms with Crippen LogP contribution in [0.3, 0.4) is 0 Å². The predicted octanol–water partition coefficient (Wildman–Crippen LogP) is 2.49. The lowest BCUT2D eigenvalue weighted by atomic mass is 10.0. The number of hydrogen-bond donors (Lipinski definition) is 2. The van der Waals surface area contributed by atoms with Gasteiger partial charge in [0.1, 0.15) is 0 Å². The number of rotatable bonds is 4. The molecule has 2 rings (SSSR count). The van der Waals surface area contributed by atoms with Gasteiger partial charge in [0, 0.05) is 18.0 Å². The van der Waals surface area contributed by atoms with Crippen molar-refractivity contribution in [1.29, 1.82) is 0 Å². The van der Waals surface area contributed by atoms with Gasteiger partial charge in [-0.05, 0) is 35.8 Å². The second kappa shape index (κ2) is 6.26. The zero-order chi connectivity index (χ0) is 14.7. The van der Waals surface area contributed by atoms with Crippen molar-refractivity contribution in [2.75, 3.05) is 13.1 Å². The van der Waals surface area contributed by atoms with Crippen molar-refractivity contribution in [3.63, 3.8) is 0 Å². The Balaban J connectivity index is 2.07. The Kier molecular flexibility index (Phi) is 4.65. The van der Waals surface area contributed by atoms with Crippen LogP contribution in [0, 0.1) is 5.92 Å². The molecule has 2 amide bonds. The summed E-state index contributed by atoms with van der Waals surface area (Å²) in [6.07, 6.45) is 1.62. The van der Waals surface area contributed by atoms with Crippen molar-refractivity contribution >= 4 is 23.3 Å². The first kappa shape index (κ1) is 14.8. The van der Waals surface area contributed by atoms with E-state index in [0.717, 1.165) is 23.3 Å². The van der Waals surface area contributed by atoms with E-state index in [4.69, 9.17) is 0 Å². The number of fused-ring (bicyclic) bond motifs is 1. The SMILES string of the molecule is CC(C)CCNC(=O)N1CCc2sccc2C1C(=O)O. The molecular formula is C14H20N2O3S. The summed E-state index contributed by atoms with van der Waals surface area (Å²) in [6.45, 7) is 5.21. The summed E-state index contributed by atoms with van der Waals surface area (Å²) < 4.78 is 0. The van der Waals surface area contributed by atoms with Crippen LogP contribution in [0.2, 0.25) is 0 Å². The quantitative estimate of drug-likeness (QED) is 0.897. The molecule has 0 saturated heterocycles. The standard InChI is InChI=1S/C14H20N2O3S/c1-9(2)3-6-15-14(19)16-7-4-11-10(5-8-20-11)12(16)13(17)18/h5,8-9,12H,3-4,6-7H2,1-2H3,(H,15,19)(H,17,18). The first-order valence-corrected chi connectivity index (χ1v) is 7.72. The van der Waals surface area contributed by atoms with Crippen molar-refractivity contribution in [2.45, 2.75) is 32.7 Å². The largest absolute Gasteiger partial charge is 0.479 e. The molecule has 0 saturated carbocycles. The van der Waals surface area contributed by atoms with Crippen LogP contribution in [-0.2, 0) is 11.2 Å². The van der Waals surface area contributed by atoms with Gasteiger partial charge in [0.25, 0.3) is 0 Å². The van der Waals surface area contributed by atoms with Crippen molar-refractivity contribution in [2.24, 2.45) is 5.92 Å². The van der Waals surface area contributed by atoms with E-state index in [9.17, 15) is 14.7 Å². The van der Waals surface area contributed by atoms with Crippen molar-refractivity contribution in [3.05, 3.63) is 21.9 Å². The van der Waals surface area contributed by atoms with Gasteiger partial charge >= 0.3 is 12.0 Å². The number of carbonyl (C=O) groups is 2. The number of aliphatic carboxylic acids is 1. The van der Waals surface area contributed by atoms with Gasteiger partial charge in [-0.15, -0.1) is 11.3 Å². The smallest absolute Gasteiger partial charge is 0.331 e. The Hall–Kier alpha value is -1.56. The Morgan fingerprint density at radius 1 is 1.55 bits per heavy atom. The van der Waals surface area contributed by atoms with Gasteiger partial charge < -0.3 is 15.3 Å². The first-order chi connectivity index (χ1) is 9.50. The van der Waals surface area contributed by atoms with E-state index in [1.54, 1.807) is 11.3 Å². The topological polar surface area (TPSA) is 69.6 Å². The monoisotopic (exact) mass is 296 g/mol. The lowest BCUT2D eigenvalue weighted by molar-refractivity contribution is -0.142. The van der Waals surface area contributed by atoms with E-state index in [1.165, 1.54) is 4.90 Å². The van der Waals surface area contributed by atoms with Gasteiger partial charge in [-0.1, -0.05) is 13.8 Å². The summed E-state index contributed by atoms with van der Waals surface area (Å²) >= 11 is 1.56.